The van der Waals surface area contributed by atoms with Crippen molar-refractivity contribution in [2.75, 3.05) is 7.05 Å². The Kier molecular flexibility index (Phi) is 4.24. The van der Waals surface area contributed by atoms with Crippen molar-refractivity contribution in [2.24, 2.45) is 0 Å². The molecule has 0 bridgehead atoms. The van der Waals surface area contributed by atoms with Gasteiger partial charge >= 0.3 is 0 Å². The fraction of sp³-hybridized carbons (Fsp3) is 0.533. The minimum absolute atomic E-state index is 0.100. The van der Waals surface area contributed by atoms with Crippen LogP contribution in [0.5, 0.6) is 5.75 Å². The molecule has 1 saturated carbocycles. The number of phenols is 1. The first kappa shape index (κ1) is 12.9. The standard InChI is InChI=1S/C15H21NO2/c1-16(13-8-3-2-4-9-13)15(18)11-12-7-5-6-10-14(12)17/h5-7,10,13,17H,2-4,8-9,11H2,1H3. The number of amides is 1. The van der Waals surface area contributed by atoms with Crippen LogP contribution in [0.3, 0.4) is 0 Å². The second-order valence-corrected chi connectivity index (χ2v) is 5.10. The Hall–Kier alpha value is -1.51. The monoisotopic (exact) mass is 247 g/mol. The highest BCUT2D eigenvalue weighted by atomic mass is 16.3. The smallest absolute Gasteiger partial charge is 0.227 e. The zero-order chi connectivity index (χ0) is 13.0. The van der Waals surface area contributed by atoms with Crippen LogP contribution >= 0.6 is 0 Å². The van der Waals surface area contributed by atoms with E-state index in [-0.39, 0.29) is 11.7 Å². The average Bonchev–Trinajstić information content (AvgIpc) is 2.41. The van der Waals surface area contributed by atoms with Gasteiger partial charge in [-0.3, -0.25) is 4.79 Å². The fourth-order valence-electron chi connectivity index (χ4n) is 2.62. The van der Waals surface area contributed by atoms with Gasteiger partial charge in [-0.1, -0.05) is 37.5 Å². The van der Waals surface area contributed by atoms with Crippen LogP contribution < -0.4 is 0 Å². The lowest BCUT2D eigenvalue weighted by Gasteiger charge is -2.31. The van der Waals surface area contributed by atoms with E-state index in [1.807, 2.05) is 24.1 Å². The summed E-state index contributed by atoms with van der Waals surface area (Å²) in [5, 5.41) is 9.68. The van der Waals surface area contributed by atoms with E-state index in [0.29, 0.717) is 18.0 Å². The van der Waals surface area contributed by atoms with Crippen molar-refractivity contribution in [2.45, 2.75) is 44.6 Å². The van der Waals surface area contributed by atoms with Crippen LogP contribution in [-0.4, -0.2) is 29.0 Å². The molecule has 0 saturated heterocycles. The Balaban J connectivity index is 1.97. The van der Waals surface area contributed by atoms with Gasteiger partial charge in [0.1, 0.15) is 5.75 Å². The van der Waals surface area contributed by atoms with E-state index in [9.17, 15) is 9.90 Å². The summed E-state index contributed by atoms with van der Waals surface area (Å²) in [6.45, 7) is 0. The molecule has 2 rings (SSSR count). The van der Waals surface area contributed by atoms with Crippen molar-refractivity contribution in [3.8, 4) is 5.75 Å². The Morgan fingerprint density at radius 1 is 1.28 bits per heavy atom. The summed E-state index contributed by atoms with van der Waals surface area (Å²) in [4.78, 5) is 14.0. The molecule has 18 heavy (non-hydrogen) atoms. The number of para-hydroxylation sites is 1. The summed E-state index contributed by atoms with van der Waals surface area (Å²) in [6.07, 6.45) is 6.25. The first-order chi connectivity index (χ1) is 8.68. The van der Waals surface area contributed by atoms with Gasteiger partial charge in [0.15, 0.2) is 0 Å². The molecule has 0 heterocycles. The van der Waals surface area contributed by atoms with Crippen molar-refractivity contribution in [3.63, 3.8) is 0 Å². The van der Waals surface area contributed by atoms with Crippen molar-refractivity contribution in [1.29, 1.82) is 0 Å². The number of hydrogen-bond donors (Lipinski definition) is 1. The maximum Gasteiger partial charge on any atom is 0.227 e. The van der Waals surface area contributed by atoms with Gasteiger partial charge in [0.25, 0.3) is 0 Å². The zero-order valence-electron chi connectivity index (χ0n) is 10.9. The largest absolute Gasteiger partial charge is 0.508 e. The summed E-state index contributed by atoms with van der Waals surface area (Å²) < 4.78 is 0. The Labute approximate surface area is 108 Å². The molecule has 1 aliphatic rings. The number of aromatic hydroxyl groups is 1. The fourth-order valence-corrected chi connectivity index (χ4v) is 2.62. The van der Waals surface area contributed by atoms with E-state index >= 15 is 0 Å². The van der Waals surface area contributed by atoms with Crippen LogP contribution in [0.4, 0.5) is 0 Å². The molecular weight excluding hydrogens is 226 g/mol. The van der Waals surface area contributed by atoms with Crippen molar-refractivity contribution < 1.29 is 9.90 Å². The third-order valence-corrected chi connectivity index (χ3v) is 3.85. The number of hydrogen-bond acceptors (Lipinski definition) is 2. The maximum absolute atomic E-state index is 12.2. The summed E-state index contributed by atoms with van der Waals surface area (Å²) >= 11 is 0. The third-order valence-electron chi connectivity index (χ3n) is 3.85. The zero-order valence-corrected chi connectivity index (χ0v) is 10.9. The highest BCUT2D eigenvalue weighted by Crippen LogP contribution is 2.23. The lowest BCUT2D eigenvalue weighted by molar-refractivity contribution is -0.131. The molecule has 0 aromatic heterocycles. The van der Waals surface area contributed by atoms with Gasteiger partial charge in [0, 0.05) is 18.7 Å². The number of phenolic OH excluding ortho intramolecular Hbond substituents is 1. The van der Waals surface area contributed by atoms with Gasteiger partial charge in [-0.25, -0.2) is 0 Å². The summed E-state index contributed by atoms with van der Waals surface area (Å²) in [7, 11) is 1.89. The molecule has 0 unspecified atom stereocenters. The number of nitrogens with zero attached hydrogens (tertiary/aromatic N) is 1. The number of benzene rings is 1. The first-order valence-electron chi connectivity index (χ1n) is 6.71. The van der Waals surface area contributed by atoms with Gasteiger partial charge in [-0.15, -0.1) is 0 Å². The summed E-state index contributed by atoms with van der Waals surface area (Å²) in [5.41, 5.74) is 0.713. The van der Waals surface area contributed by atoms with E-state index in [4.69, 9.17) is 0 Å². The van der Waals surface area contributed by atoms with E-state index in [0.717, 1.165) is 12.8 Å². The van der Waals surface area contributed by atoms with E-state index in [1.54, 1.807) is 12.1 Å². The van der Waals surface area contributed by atoms with Gasteiger partial charge in [0.05, 0.1) is 6.42 Å². The summed E-state index contributed by atoms with van der Waals surface area (Å²) in [5.74, 6) is 0.311. The molecule has 1 amide bonds. The Bertz CT molecular complexity index is 411. The highest BCUT2D eigenvalue weighted by Gasteiger charge is 2.22. The molecule has 3 heteroatoms. The molecule has 0 spiro atoms. The lowest BCUT2D eigenvalue weighted by Crippen LogP contribution is -2.39. The molecule has 1 aromatic rings. The number of rotatable bonds is 3. The van der Waals surface area contributed by atoms with Crippen LogP contribution in [-0.2, 0) is 11.2 Å². The summed E-state index contributed by atoms with van der Waals surface area (Å²) in [6, 6.07) is 7.44. The molecule has 98 valence electrons. The van der Waals surface area contributed by atoms with Crippen LogP contribution in [0.2, 0.25) is 0 Å². The Morgan fingerprint density at radius 3 is 2.61 bits per heavy atom. The second kappa shape index (κ2) is 5.89. The van der Waals surface area contributed by atoms with Crippen LogP contribution in [0.15, 0.2) is 24.3 Å². The normalized spacial score (nSPS) is 16.5. The SMILES string of the molecule is CN(C(=O)Cc1ccccc1O)C1CCCCC1. The molecular formula is C15H21NO2. The van der Waals surface area contributed by atoms with Gasteiger partial charge in [0.2, 0.25) is 5.91 Å². The molecule has 0 radical (unpaired) electrons. The number of carbonyl (C=O) groups excluding carboxylic acids is 1. The van der Waals surface area contributed by atoms with Crippen LogP contribution in [0.25, 0.3) is 0 Å². The van der Waals surface area contributed by atoms with Gasteiger partial charge in [-0.05, 0) is 18.9 Å². The van der Waals surface area contributed by atoms with Crippen molar-refractivity contribution >= 4 is 5.91 Å². The van der Waals surface area contributed by atoms with Gasteiger partial charge in [-0.2, -0.15) is 0 Å². The van der Waals surface area contributed by atoms with Crippen molar-refractivity contribution in [3.05, 3.63) is 29.8 Å². The minimum atomic E-state index is 0.100. The lowest BCUT2D eigenvalue weighted by atomic mass is 9.94. The molecule has 3 nitrogen and oxygen atoms in total. The number of likely N-dealkylation sites (N-methyl/N-ethyl adjacent to an activating group) is 1. The average molecular weight is 247 g/mol. The highest BCUT2D eigenvalue weighted by molar-refractivity contribution is 5.79. The van der Waals surface area contributed by atoms with Gasteiger partial charge < -0.3 is 10.0 Å². The molecule has 0 atom stereocenters. The van der Waals surface area contributed by atoms with E-state index < -0.39 is 0 Å². The third kappa shape index (κ3) is 3.03. The van der Waals surface area contributed by atoms with E-state index in [2.05, 4.69) is 0 Å². The van der Waals surface area contributed by atoms with Crippen LogP contribution in [0.1, 0.15) is 37.7 Å². The maximum atomic E-state index is 12.2. The molecule has 0 aliphatic heterocycles. The number of carbonyl (C=O) groups is 1. The topological polar surface area (TPSA) is 40.5 Å². The van der Waals surface area contributed by atoms with Crippen molar-refractivity contribution in [1.82, 2.24) is 4.90 Å². The molecule has 1 N–H and O–H groups in total. The molecule has 1 fully saturated rings. The Morgan fingerprint density at radius 2 is 1.94 bits per heavy atom. The molecule has 1 aromatic carbocycles. The second-order valence-electron chi connectivity index (χ2n) is 5.10. The predicted molar refractivity (Wildman–Crippen MR) is 71.5 cm³/mol. The van der Waals surface area contributed by atoms with E-state index in [1.165, 1.54) is 19.3 Å². The minimum Gasteiger partial charge on any atom is -0.508 e. The quantitative estimate of drug-likeness (QED) is 0.892. The first-order valence-corrected chi connectivity index (χ1v) is 6.71. The van der Waals surface area contributed by atoms with Crippen LogP contribution in [0, 0.1) is 0 Å². The molecule has 1 aliphatic carbocycles. The predicted octanol–water partition coefficient (Wildman–Crippen LogP) is 2.73.